The van der Waals surface area contributed by atoms with Crippen LogP contribution in [-0.2, 0) is 28.4 Å². The molecule has 1 aliphatic rings. The second-order valence-electron chi connectivity index (χ2n) is 8.27. The van der Waals surface area contributed by atoms with Gasteiger partial charge in [0.1, 0.15) is 6.61 Å². The van der Waals surface area contributed by atoms with E-state index in [1.165, 1.54) is 6.26 Å². The minimum absolute atomic E-state index is 0.0143. The predicted molar refractivity (Wildman–Crippen MR) is 120 cm³/mol. The zero-order valence-corrected chi connectivity index (χ0v) is 19.8. The van der Waals surface area contributed by atoms with Crippen molar-refractivity contribution in [1.82, 2.24) is 20.2 Å². The Morgan fingerprint density at radius 3 is 2.31 bits per heavy atom. The van der Waals surface area contributed by atoms with Gasteiger partial charge in [-0.25, -0.2) is 18.4 Å². The molecular formula is C21H23F3N6O4S. The maximum Gasteiger partial charge on any atom is 0.470 e. The van der Waals surface area contributed by atoms with Crippen molar-refractivity contribution >= 4 is 21.8 Å². The first-order valence-electron chi connectivity index (χ1n) is 10.6. The molecule has 1 atom stereocenters. The Morgan fingerprint density at radius 1 is 1.09 bits per heavy atom. The van der Waals surface area contributed by atoms with Gasteiger partial charge in [0, 0.05) is 31.9 Å². The van der Waals surface area contributed by atoms with Crippen molar-refractivity contribution in [3.8, 4) is 5.75 Å². The summed E-state index contributed by atoms with van der Waals surface area (Å²) in [6, 6.07) is 6.81. The van der Waals surface area contributed by atoms with Gasteiger partial charge in [-0.2, -0.15) is 13.2 Å². The normalized spacial score (nSPS) is 17.0. The van der Waals surface area contributed by atoms with Gasteiger partial charge in [0.15, 0.2) is 15.6 Å². The van der Waals surface area contributed by atoms with E-state index in [-0.39, 0.29) is 24.4 Å². The number of benzene rings is 1. The van der Waals surface area contributed by atoms with Crippen LogP contribution in [-0.4, -0.2) is 60.5 Å². The first kappa shape index (κ1) is 24.7. The Bertz CT molecular complexity index is 1250. The minimum Gasteiger partial charge on any atom is -0.486 e. The molecule has 188 valence electrons. The van der Waals surface area contributed by atoms with Gasteiger partial charge >= 0.3 is 18.1 Å². The molecule has 1 aliphatic heterocycles. The van der Waals surface area contributed by atoms with Crippen LogP contribution < -0.4 is 14.5 Å². The SMILES string of the molecule is C[C@@H]1CN(c2nnc(C(F)(F)F)o2)CCN1c1ncc(OCc2ccc(CS(C)(=O)=O)cc2)cn1. The van der Waals surface area contributed by atoms with Gasteiger partial charge in [0.2, 0.25) is 5.95 Å². The Hall–Kier alpha value is -3.42. The van der Waals surface area contributed by atoms with Crippen LogP contribution in [0.25, 0.3) is 0 Å². The van der Waals surface area contributed by atoms with E-state index in [1.54, 1.807) is 41.6 Å². The van der Waals surface area contributed by atoms with Gasteiger partial charge in [-0.15, -0.1) is 5.10 Å². The summed E-state index contributed by atoms with van der Waals surface area (Å²) in [4.78, 5) is 12.2. The number of alkyl halides is 3. The molecule has 0 saturated carbocycles. The second kappa shape index (κ2) is 9.68. The third-order valence-corrected chi connectivity index (χ3v) is 6.14. The van der Waals surface area contributed by atoms with Crippen LogP contribution in [0.5, 0.6) is 5.75 Å². The highest BCUT2D eigenvalue weighted by Gasteiger charge is 2.39. The van der Waals surface area contributed by atoms with Gasteiger partial charge in [-0.3, -0.25) is 0 Å². The molecule has 0 N–H and O–H groups in total. The standard InChI is InChI=1S/C21H23F3N6O4S/c1-14-11-29(20-28-27-18(34-20)21(22,23)24)7-8-30(14)19-25-9-17(10-26-19)33-12-15-3-5-16(6-4-15)13-35(2,31)32/h3-6,9-10,14H,7-8,11-13H2,1-2H3/t14-/m1/s1. The molecular weight excluding hydrogens is 489 g/mol. The molecule has 14 heteroatoms. The predicted octanol–water partition coefficient (Wildman–Crippen LogP) is 2.72. The molecule has 1 aromatic carbocycles. The van der Waals surface area contributed by atoms with Gasteiger partial charge in [-0.05, 0) is 18.1 Å². The molecule has 3 aromatic rings. The molecule has 2 aromatic heterocycles. The largest absolute Gasteiger partial charge is 0.486 e. The summed E-state index contributed by atoms with van der Waals surface area (Å²) in [5.41, 5.74) is 1.57. The third-order valence-electron chi connectivity index (χ3n) is 5.28. The zero-order valence-electron chi connectivity index (χ0n) is 18.9. The van der Waals surface area contributed by atoms with Crippen LogP contribution in [0, 0.1) is 0 Å². The average Bonchev–Trinajstić information content (AvgIpc) is 3.29. The van der Waals surface area contributed by atoms with Crippen molar-refractivity contribution in [1.29, 1.82) is 0 Å². The lowest BCUT2D eigenvalue weighted by molar-refractivity contribution is -0.157. The summed E-state index contributed by atoms with van der Waals surface area (Å²) < 4.78 is 71.4. The summed E-state index contributed by atoms with van der Waals surface area (Å²) in [7, 11) is -3.09. The van der Waals surface area contributed by atoms with Crippen molar-refractivity contribution < 1.29 is 30.7 Å². The molecule has 0 bridgehead atoms. The second-order valence-corrected chi connectivity index (χ2v) is 10.4. The molecule has 0 aliphatic carbocycles. The molecule has 4 rings (SSSR count). The zero-order chi connectivity index (χ0) is 25.2. The van der Waals surface area contributed by atoms with Crippen molar-refractivity contribution in [2.24, 2.45) is 0 Å². The van der Waals surface area contributed by atoms with Crippen LogP contribution in [0.2, 0.25) is 0 Å². The lowest BCUT2D eigenvalue weighted by Crippen LogP contribution is -2.52. The first-order valence-corrected chi connectivity index (χ1v) is 12.7. The van der Waals surface area contributed by atoms with Crippen LogP contribution in [0.3, 0.4) is 0 Å². The van der Waals surface area contributed by atoms with Crippen LogP contribution in [0.1, 0.15) is 23.9 Å². The average molecular weight is 513 g/mol. The van der Waals surface area contributed by atoms with Crippen LogP contribution >= 0.6 is 0 Å². The van der Waals surface area contributed by atoms with E-state index in [1.807, 2.05) is 11.8 Å². The Balaban J connectivity index is 1.31. The molecule has 35 heavy (non-hydrogen) atoms. The van der Waals surface area contributed by atoms with Crippen molar-refractivity contribution in [2.75, 3.05) is 35.7 Å². The highest BCUT2D eigenvalue weighted by molar-refractivity contribution is 7.89. The number of nitrogens with zero attached hydrogens (tertiary/aromatic N) is 6. The van der Waals surface area contributed by atoms with E-state index >= 15 is 0 Å². The number of anilines is 2. The van der Waals surface area contributed by atoms with Gasteiger partial charge < -0.3 is 19.0 Å². The Labute approximate surface area is 199 Å². The van der Waals surface area contributed by atoms with Crippen molar-refractivity contribution in [3.05, 3.63) is 53.7 Å². The van der Waals surface area contributed by atoms with Crippen LogP contribution in [0.15, 0.2) is 41.1 Å². The van der Waals surface area contributed by atoms with Gasteiger partial charge in [0.05, 0.1) is 18.1 Å². The van der Waals surface area contributed by atoms with E-state index in [9.17, 15) is 21.6 Å². The van der Waals surface area contributed by atoms with E-state index in [4.69, 9.17) is 9.15 Å². The number of hydrogen-bond acceptors (Lipinski definition) is 10. The summed E-state index contributed by atoms with van der Waals surface area (Å²) in [6.07, 6.45) is -0.395. The lowest BCUT2D eigenvalue weighted by atomic mass is 10.2. The minimum atomic E-state index is -4.68. The summed E-state index contributed by atoms with van der Waals surface area (Å²) in [6.45, 7) is 3.33. The molecule has 0 unspecified atom stereocenters. The molecule has 1 fully saturated rings. The van der Waals surface area contributed by atoms with Gasteiger partial charge in [-0.1, -0.05) is 29.4 Å². The number of sulfone groups is 1. The topological polar surface area (TPSA) is 115 Å². The molecule has 1 saturated heterocycles. The molecule has 0 radical (unpaired) electrons. The summed E-state index contributed by atoms with van der Waals surface area (Å²) in [5, 5.41) is 6.58. The highest BCUT2D eigenvalue weighted by Crippen LogP contribution is 2.30. The van der Waals surface area contributed by atoms with Gasteiger partial charge in [0.25, 0.3) is 0 Å². The van der Waals surface area contributed by atoms with E-state index in [0.29, 0.717) is 36.9 Å². The lowest BCUT2D eigenvalue weighted by Gasteiger charge is -2.38. The van der Waals surface area contributed by atoms with E-state index in [0.717, 1.165) is 5.56 Å². The Kier molecular flexibility index (Phi) is 6.83. The maximum absolute atomic E-state index is 12.7. The number of halogens is 3. The molecule has 0 spiro atoms. The summed E-state index contributed by atoms with van der Waals surface area (Å²) in [5.74, 6) is -0.451. The molecule has 10 nitrogen and oxygen atoms in total. The molecule has 0 amide bonds. The monoisotopic (exact) mass is 512 g/mol. The fourth-order valence-corrected chi connectivity index (χ4v) is 4.42. The number of ether oxygens (including phenoxy) is 1. The van der Waals surface area contributed by atoms with E-state index in [2.05, 4.69) is 20.2 Å². The quantitative estimate of drug-likeness (QED) is 0.468. The summed E-state index contributed by atoms with van der Waals surface area (Å²) >= 11 is 0. The number of rotatable bonds is 7. The number of piperazine rings is 1. The van der Waals surface area contributed by atoms with E-state index < -0.39 is 21.9 Å². The fraction of sp³-hybridized carbons (Fsp3) is 0.429. The molecule has 3 heterocycles. The Morgan fingerprint density at radius 2 is 1.74 bits per heavy atom. The highest BCUT2D eigenvalue weighted by atomic mass is 32.2. The third kappa shape index (κ3) is 6.38. The number of aromatic nitrogens is 4. The van der Waals surface area contributed by atoms with Crippen LogP contribution in [0.4, 0.5) is 25.1 Å². The number of hydrogen-bond donors (Lipinski definition) is 0. The maximum atomic E-state index is 12.7. The fourth-order valence-electron chi connectivity index (χ4n) is 3.62. The van der Waals surface area contributed by atoms with Crippen molar-refractivity contribution in [2.45, 2.75) is 31.5 Å². The first-order chi connectivity index (χ1) is 16.5. The van der Waals surface area contributed by atoms with Crippen molar-refractivity contribution in [3.63, 3.8) is 0 Å². The smallest absolute Gasteiger partial charge is 0.470 e.